The van der Waals surface area contributed by atoms with Gasteiger partial charge in [-0.05, 0) is 24.7 Å². The molecule has 0 aliphatic heterocycles. The lowest BCUT2D eigenvalue weighted by molar-refractivity contribution is -0.384. The van der Waals surface area contributed by atoms with Crippen LogP contribution >= 0.6 is 0 Å². The molecule has 1 aromatic carbocycles. The molecule has 0 aliphatic carbocycles. The zero-order valence-electron chi connectivity index (χ0n) is 12.5. The summed E-state index contributed by atoms with van der Waals surface area (Å²) in [6, 6.07) is 5.96. The number of hydrogen-bond donors (Lipinski definition) is 2. The van der Waals surface area contributed by atoms with Gasteiger partial charge in [-0.15, -0.1) is 0 Å². The number of nitrogens with zero attached hydrogens (tertiary/aromatic N) is 2. The summed E-state index contributed by atoms with van der Waals surface area (Å²) in [6.45, 7) is 3.58. The molecule has 2 N–H and O–H groups in total. The quantitative estimate of drug-likeness (QED) is 0.377. The first-order valence-electron chi connectivity index (χ1n) is 6.85. The molecular formula is C14H23N3O4. The van der Waals surface area contributed by atoms with Crippen LogP contribution in [0.3, 0.4) is 0 Å². The van der Waals surface area contributed by atoms with E-state index in [1.807, 2.05) is 7.05 Å². The second-order valence-electron chi connectivity index (χ2n) is 4.86. The Bertz CT molecular complexity index is 425. The van der Waals surface area contributed by atoms with E-state index in [1.165, 1.54) is 12.1 Å². The molecule has 118 valence electrons. The minimum Gasteiger partial charge on any atom is -0.387 e. The van der Waals surface area contributed by atoms with E-state index in [0.29, 0.717) is 18.7 Å². The van der Waals surface area contributed by atoms with Crippen molar-refractivity contribution < 1.29 is 14.8 Å². The molecule has 0 fully saturated rings. The van der Waals surface area contributed by atoms with Crippen molar-refractivity contribution in [2.45, 2.75) is 6.10 Å². The summed E-state index contributed by atoms with van der Waals surface area (Å²) < 4.78 is 4.99. The number of aliphatic hydroxyl groups excluding tert-OH is 1. The molecule has 0 amide bonds. The average molecular weight is 297 g/mol. The predicted octanol–water partition coefficient (Wildman–Crippen LogP) is 0.796. The molecule has 0 heterocycles. The molecule has 21 heavy (non-hydrogen) atoms. The molecule has 0 bridgehead atoms. The number of rotatable bonds is 10. The van der Waals surface area contributed by atoms with E-state index >= 15 is 0 Å². The Kier molecular flexibility index (Phi) is 7.84. The first-order valence-corrected chi connectivity index (χ1v) is 6.85. The van der Waals surface area contributed by atoms with Crippen molar-refractivity contribution in [3.05, 3.63) is 39.9 Å². The van der Waals surface area contributed by atoms with Crippen molar-refractivity contribution in [2.75, 3.05) is 46.9 Å². The first-order chi connectivity index (χ1) is 10.0. The van der Waals surface area contributed by atoms with Gasteiger partial charge in [0.15, 0.2) is 0 Å². The Hall–Kier alpha value is -1.54. The lowest BCUT2D eigenvalue weighted by atomic mass is 10.1. The van der Waals surface area contributed by atoms with Crippen molar-refractivity contribution in [3.8, 4) is 0 Å². The normalized spacial score (nSPS) is 12.6. The Balaban J connectivity index is 2.27. The average Bonchev–Trinajstić information content (AvgIpc) is 2.49. The maximum atomic E-state index is 10.5. The van der Waals surface area contributed by atoms with Crippen LogP contribution in [0.4, 0.5) is 5.69 Å². The largest absolute Gasteiger partial charge is 0.387 e. The topological polar surface area (TPSA) is 87.9 Å². The van der Waals surface area contributed by atoms with Crippen molar-refractivity contribution >= 4 is 5.69 Å². The molecular weight excluding hydrogens is 274 g/mol. The molecule has 7 heteroatoms. The minimum absolute atomic E-state index is 0.0266. The van der Waals surface area contributed by atoms with Crippen molar-refractivity contribution in [1.29, 1.82) is 0 Å². The summed E-state index contributed by atoms with van der Waals surface area (Å²) in [5.41, 5.74) is 0.694. The van der Waals surface area contributed by atoms with E-state index in [9.17, 15) is 15.2 Å². The number of methoxy groups -OCH3 is 1. The fourth-order valence-electron chi connectivity index (χ4n) is 1.80. The van der Waals surface area contributed by atoms with Crippen LogP contribution in [0.2, 0.25) is 0 Å². The summed E-state index contributed by atoms with van der Waals surface area (Å²) in [5.74, 6) is 0. The number of ether oxygens (including phenoxy) is 1. The number of nitro groups is 1. The van der Waals surface area contributed by atoms with E-state index in [1.54, 1.807) is 19.2 Å². The highest BCUT2D eigenvalue weighted by Gasteiger charge is 2.10. The van der Waals surface area contributed by atoms with E-state index < -0.39 is 11.0 Å². The highest BCUT2D eigenvalue weighted by Crippen LogP contribution is 2.17. The van der Waals surface area contributed by atoms with Gasteiger partial charge in [0.25, 0.3) is 5.69 Å². The summed E-state index contributed by atoms with van der Waals surface area (Å²) in [6.07, 6.45) is -0.671. The van der Waals surface area contributed by atoms with Crippen molar-refractivity contribution in [3.63, 3.8) is 0 Å². The fourth-order valence-corrected chi connectivity index (χ4v) is 1.80. The van der Waals surface area contributed by atoms with E-state index in [-0.39, 0.29) is 5.69 Å². The fraction of sp³-hybridized carbons (Fsp3) is 0.571. The predicted molar refractivity (Wildman–Crippen MR) is 80.3 cm³/mol. The van der Waals surface area contributed by atoms with Crippen LogP contribution in [0, 0.1) is 10.1 Å². The number of aliphatic hydroxyl groups is 1. The molecule has 0 aliphatic rings. The molecule has 7 nitrogen and oxygen atoms in total. The SMILES string of the molecule is COCCN(C)CCNCC(O)c1ccc([N+](=O)[O-])cc1. The maximum absolute atomic E-state index is 10.5. The first kappa shape index (κ1) is 17.5. The molecule has 0 saturated heterocycles. The lowest BCUT2D eigenvalue weighted by Gasteiger charge is -2.17. The molecule has 1 unspecified atom stereocenters. The second-order valence-corrected chi connectivity index (χ2v) is 4.86. The molecule has 1 atom stereocenters. The van der Waals surface area contributed by atoms with Crippen LogP contribution in [0.1, 0.15) is 11.7 Å². The van der Waals surface area contributed by atoms with Gasteiger partial charge in [-0.25, -0.2) is 0 Å². The smallest absolute Gasteiger partial charge is 0.269 e. The Labute approximate surface area is 124 Å². The molecule has 0 radical (unpaired) electrons. The zero-order chi connectivity index (χ0) is 15.7. The Morgan fingerprint density at radius 2 is 2.05 bits per heavy atom. The zero-order valence-corrected chi connectivity index (χ0v) is 12.5. The van der Waals surface area contributed by atoms with Crippen molar-refractivity contribution in [2.24, 2.45) is 0 Å². The summed E-state index contributed by atoms with van der Waals surface area (Å²) in [7, 11) is 3.68. The van der Waals surface area contributed by atoms with E-state index in [2.05, 4.69) is 10.2 Å². The van der Waals surface area contributed by atoms with Gasteiger partial charge in [-0.1, -0.05) is 0 Å². The Morgan fingerprint density at radius 3 is 2.62 bits per heavy atom. The third-order valence-corrected chi connectivity index (χ3v) is 3.17. The molecule has 1 aromatic rings. The van der Waals surface area contributed by atoms with Gasteiger partial charge in [0.05, 0.1) is 17.6 Å². The molecule has 1 rings (SSSR count). The van der Waals surface area contributed by atoms with Gasteiger partial charge < -0.3 is 20.1 Å². The van der Waals surface area contributed by atoms with Gasteiger partial charge in [0, 0.05) is 45.4 Å². The second kappa shape index (κ2) is 9.41. The third kappa shape index (κ3) is 6.63. The number of nitrogens with one attached hydrogen (secondary N) is 1. The number of likely N-dealkylation sites (N-methyl/N-ethyl adjacent to an activating group) is 1. The van der Waals surface area contributed by atoms with Crippen LogP contribution < -0.4 is 5.32 Å². The Morgan fingerprint density at radius 1 is 1.38 bits per heavy atom. The van der Waals surface area contributed by atoms with Gasteiger partial charge in [0.1, 0.15) is 0 Å². The summed E-state index contributed by atoms with van der Waals surface area (Å²) in [4.78, 5) is 12.2. The monoisotopic (exact) mass is 297 g/mol. The maximum Gasteiger partial charge on any atom is 0.269 e. The van der Waals surface area contributed by atoms with E-state index in [0.717, 1.165) is 19.6 Å². The lowest BCUT2D eigenvalue weighted by Crippen LogP contribution is -2.33. The number of nitro benzene ring substituents is 1. The van der Waals surface area contributed by atoms with Gasteiger partial charge in [-0.3, -0.25) is 10.1 Å². The minimum atomic E-state index is -0.671. The molecule has 0 aromatic heterocycles. The van der Waals surface area contributed by atoms with Crippen molar-refractivity contribution in [1.82, 2.24) is 10.2 Å². The van der Waals surface area contributed by atoms with Gasteiger partial charge in [-0.2, -0.15) is 0 Å². The summed E-state index contributed by atoms with van der Waals surface area (Å²) >= 11 is 0. The highest BCUT2D eigenvalue weighted by molar-refractivity contribution is 5.33. The summed E-state index contributed by atoms with van der Waals surface area (Å²) in [5, 5.41) is 23.7. The third-order valence-electron chi connectivity index (χ3n) is 3.17. The van der Waals surface area contributed by atoms with Crippen LogP contribution in [-0.4, -0.2) is 61.9 Å². The van der Waals surface area contributed by atoms with Crippen LogP contribution in [-0.2, 0) is 4.74 Å². The molecule has 0 saturated carbocycles. The molecule has 0 spiro atoms. The van der Waals surface area contributed by atoms with Crippen LogP contribution in [0.5, 0.6) is 0 Å². The standard InChI is InChI=1S/C14H23N3O4/c1-16(9-10-21-2)8-7-15-11-14(18)12-3-5-13(6-4-12)17(19)20/h3-6,14-15,18H,7-11H2,1-2H3. The number of benzene rings is 1. The van der Waals surface area contributed by atoms with Gasteiger partial charge >= 0.3 is 0 Å². The van der Waals surface area contributed by atoms with Crippen LogP contribution in [0.25, 0.3) is 0 Å². The number of hydrogen-bond acceptors (Lipinski definition) is 6. The van der Waals surface area contributed by atoms with E-state index in [4.69, 9.17) is 4.74 Å². The number of non-ortho nitro benzene ring substituents is 1. The van der Waals surface area contributed by atoms with Gasteiger partial charge in [0.2, 0.25) is 0 Å². The highest BCUT2D eigenvalue weighted by atomic mass is 16.6. The van der Waals surface area contributed by atoms with Crippen LogP contribution in [0.15, 0.2) is 24.3 Å².